The zero-order valence-corrected chi connectivity index (χ0v) is 17.3. The van der Waals surface area contributed by atoms with Crippen LogP contribution in [0.4, 0.5) is 14.6 Å². The molecule has 164 valence electrons. The van der Waals surface area contributed by atoms with Gasteiger partial charge in [0.2, 0.25) is 5.91 Å². The monoisotopic (exact) mass is 436 g/mol. The molecule has 1 N–H and O–H groups in total. The van der Waals surface area contributed by atoms with Crippen LogP contribution < -0.4 is 5.32 Å². The number of nitriles is 1. The number of benzene rings is 1. The highest BCUT2D eigenvalue weighted by Gasteiger charge is 2.52. The van der Waals surface area contributed by atoms with Gasteiger partial charge in [0.25, 0.3) is 0 Å². The summed E-state index contributed by atoms with van der Waals surface area (Å²) in [6.07, 6.45) is 6.24. The Kier molecular flexibility index (Phi) is 5.29. The fourth-order valence-electron chi connectivity index (χ4n) is 5.42. The normalized spacial score (nSPS) is 28.2. The highest BCUT2D eigenvalue weighted by Crippen LogP contribution is 2.54. The van der Waals surface area contributed by atoms with Crippen molar-refractivity contribution in [3.63, 3.8) is 0 Å². The maximum Gasteiger partial charge on any atom is 0.246 e. The molecule has 3 aliphatic rings. The number of halogens is 2. The molecule has 32 heavy (non-hydrogen) atoms. The standard InChI is InChI=1S/C23H22F2N6O/c24-15-5-13(6-16(25)8-15)21-3-4-30-31(21)23(32)20-7-14(18-1-2-19(18)20)11-27-22-9-17(10-26)28-12-29-22/h4-6,8-9,12,14,18-21H,1-3,7,11H2,(H,27,28,29)/t14?,18?,19?,20-,21?/m0/s1. The van der Waals surface area contributed by atoms with Crippen molar-refractivity contribution in [1.82, 2.24) is 15.0 Å². The van der Waals surface area contributed by atoms with Crippen LogP contribution in [-0.4, -0.2) is 33.6 Å². The molecule has 0 bridgehead atoms. The number of nitrogens with one attached hydrogen (secondary N) is 1. The minimum absolute atomic E-state index is 0.0700. The van der Waals surface area contributed by atoms with Gasteiger partial charge in [-0.25, -0.2) is 23.8 Å². The largest absolute Gasteiger partial charge is 0.370 e. The summed E-state index contributed by atoms with van der Waals surface area (Å²) in [5.74, 6) is 0.111. The van der Waals surface area contributed by atoms with Crippen LogP contribution in [0.15, 0.2) is 35.7 Å². The Hall–Kier alpha value is -3.41. The van der Waals surface area contributed by atoms with Crippen LogP contribution in [0.5, 0.6) is 0 Å². The van der Waals surface area contributed by atoms with Crippen LogP contribution in [0.1, 0.15) is 43.0 Å². The molecule has 0 spiro atoms. The summed E-state index contributed by atoms with van der Waals surface area (Å²) >= 11 is 0. The lowest BCUT2D eigenvalue weighted by Crippen LogP contribution is -2.38. The van der Waals surface area contributed by atoms with Crippen LogP contribution in [-0.2, 0) is 4.79 Å². The molecule has 2 aromatic rings. The van der Waals surface area contributed by atoms with Crippen LogP contribution in [0.2, 0.25) is 0 Å². The van der Waals surface area contributed by atoms with E-state index in [-0.39, 0.29) is 11.8 Å². The molecule has 2 fully saturated rings. The Morgan fingerprint density at radius 3 is 2.66 bits per heavy atom. The third-order valence-electron chi connectivity index (χ3n) is 7.03. The molecule has 0 saturated heterocycles. The lowest BCUT2D eigenvalue weighted by Gasteiger charge is -2.37. The maximum atomic E-state index is 13.7. The number of hydrogen-bond acceptors (Lipinski definition) is 6. The van der Waals surface area contributed by atoms with E-state index in [4.69, 9.17) is 5.26 Å². The summed E-state index contributed by atoms with van der Waals surface area (Å²) in [5, 5.41) is 18.0. The molecule has 2 aliphatic carbocycles. The average Bonchev–Trinajstić information content (AvgIpc) is 3.33. The van der Waals surface area contributed by atoms with Crippen molar-refractivity contribution in [2.45, 2.75) is 31.7 Å². The van der Waals surface area contributed by atoms with Gasteiger partial charge in [-0.2, -0.15) is 10.4 Å². The molecule has 5 atom stereocenters. The number of carbonyl (C=O) groups is 1. The second kappa shape index (κ2) is 8.26. The molecule has 9 heteroatoms. The quantitative estimate of drug-likeness (QED) is 0.772. The van der Waals surface area contributed by atoms with Crippen molar-refractivity contribution in [3.8, 4) is 6.07 Å². The van der Waals surface area contributed by atoms with Gasteiger partial charge in [0, 0.05) is 37.2 Å². The first-order valence-electron chi connectivity index (χ1n) is 10.8. The molecule has 1 aromatic carbocycles. The third-order valence-corrected chi connectivity index (χ3v) is 7.03. The summed E-state index contributed by atoms with van der Waals surface area (Å²) < 4.78 is 27.5. The number of fused-ring (bicyclic) bond motifs is 1. The Balaban J connectivity index is 1.28. The topological polar surface area (TPSA) is 94.3 Å². The number of amides is 1. The summed E-state index contributed by atoms with van der Waals surface area (Å²) in [4.78, 5) is 21.5. The Labute approximate surface area is 184 Å². The summed E-state index contributed by atoms with van der Waals surface area (Å²) in [6, 6.07) is 6.50. The molecular formula is C23H22F2N6O. The van der Waals surface area contributed by atoms with Gasteiger partial charge < -0.3 is 5.32 Å². The van der Waals surface area contributed by atoms with E-state index in [0.29, 0.717) is 47.8 Å². The molecule has 2 saturated carbocycles. The minimum atomic E-state index is -0.658. The van der Waals surface area contributed by atoms with Gasteiger partial charge in [0.15, 0.2) is 0 Å². The van der Waals surface area contributed by atoms with Gasteiger partial charge in [-0.1, -0.05) is 0 Å². The zero-order chi connectivity index (χ0) is 22.2. The van der Waals surface area contributed by atoms with Crippen molar-refractivity contribution >= 4 is 17.9 Å². The molecule has 1 aliphatic heterocycles. The number of nitrogens with zero attached hydrogens (tertiary/aromatic N) is 5. The van der Waals surface area contributed by atoms with Gasteiger partial charge in [0.1, 0.15) is 35.5 Å². The second-order valence-electron chi connectivity index (χ2n) is 8.72. The lowest BCUT2D eigenvalue weighted by molar-refractivity contribution is -0.139. The Bertz CT molecular complexity index is 1100. The molecule has 2 heterocycles. The van der Waals surface area contributed by atoms with Crippen molar-refractivity contribution in [1.29, 1.82) is 5.26 Å². The van der Waals surface area contributed by atoms with Crippen molar-refractivity contribution < 1.29 is 13.6 Å². The van der Waals surface area contributed by atoms with E-state index in [1.165, 1.54) is 23.5 Å². The van der Waals surface area contributed by atoms with E-state index >= 15 is 0 Å². The van der Waals surface area contributed by atoms with E-state index in [1.807, 2.05) is 6.07 Å². The van der Waals surface area contributed by atoms with Crippen LogP contribution in [0, 0.1) is 46.6 Å². The van der Waals surface area contributed by atoms with Crippen LogP contribution in [0.3, 0.4) is 0 Å². The third kappa shape index (κ3) is 3.70. The smallest absolute Gasteiger partial charge is 0.246 e. The van der Waals surface area contributed by atoms with Gasteiger partial charge in [-0.3, -0.25) is 4.79 Å². The predicted molar refractivity (Wildman–Crippen MR) is 112 cm³/mol. The fourth-order valence-corrected chi connectivity index (χ4v) is 5.42. The van der Waals surface area contributed by atoms with Crippen LogP contribution in [0.25, 0.3) is 0 Å². The summed E-state index contributed by atoms with van der Waals surface area (Å²) in [6.45, 7) is 0.661. The molecular weight excluding hydrogens is 414 g/mol. The van der Waals surface area contributed by atoms with E-state index in [1.54, 1.807) is 12.3 Å². The second-order valence-corrected chi connectivity index (χ2v) is 8.72. The first-order chi connectivity index (χ1) is 15.5. The van der Waals surface area contributed by atoms with E-state index in [2.05, 4.69) is 20.4 Å². The Morgan fingerprint density at radius 1 is 1.16 bits per heavy atom. The number of anilines is 1. The fraction of sp³-hybridized carbons (Fsp3) is 0.435. The highest BCUT2D eigenvalue weighted by atomic mass is 19.1. The lowest BCUT2D eigenvalue weighted by atomic mass is 9.70. The highest BCUT2D eigenvalue weighted by molar-refractivity contribution is 5.82. The van der Waals surface area contributed by atoms with Crippen molar-refractivity contribution in [2.24, 2.45) is 28.8 Å². The van der Waals surface area contributed by atoms with E-state index in [9.17, 15) is 13.6 Å². The van der Waals surface area contributed by atoms with Crippen molar-refractivity contribution in [2.75, 3.05) is 11.9 Å². The van der Waals surface area contributed by atoms with Crippen molar-refractivity contribution in [3.05, 3.63) is 53.5 Å². The summed E-state index contributed by atoms with van der Waals surface area (Å²) in [7, 11) is 0. The first-order valence-corrected chi connectivity index (χ1v) is 10.8. The molecule has 7 nitrogen and oxygen atoms in total. The molecule has 1 amide bonds. The van der Waals surface area contributed by atoms with E-state index in [0.717, 1.165) is 25.3 Å². The number of aromatic nitrogens is 2. The number of hydrazone groups is 1. The Morgan fingerprint density at radius 2 is 1.94 bits per heavy atom. The van der Waals surface area contributed by atoms with Gasteiger partial charge in [-0.05, 0) is 54.7 Å². The van der Waals surface area contributed by atoms with Crippen LogP contribution >= 0.6 is 0 Å². The maximum absolute atomic E-state index is 13.7. The first kappa shape index (κ1) is 20.5. The number of rotatable bonds is 5. The SMILES string of the molecule is N#Cc1cc(NCC2C[C@H](C(=O)N3N=CCC3c3cc(F)cc(F)c3)C3CCC23)ncn1. The molecule has 1 aromatic heterocycles. The van der Waals surface area contributed by atoms with E-state index < -0.39 is 17.7 Å². The summed E-state index contributed by atoms with van der Waals surface area (Å²) in [5.41, 5.74) is 0.724. The molecule has 5 rings (SSSR count). The van der Waals surface area contributed by atoms with Gasteiger partial charge in [-0.15, -0.1) is 0 Å². The minimum Gasteiger partial charge on any atom is -0.370 e. The average molecular weight is 436 g/mol. The zero-order valence-electron chi connectivity index (χ0n) is 17.3. The van der Waals surface area contributed by atoms with Gasteiger partial charge in [0.05, 0.1) is 6.04 Å². The van der Waals surface area contributed by atoms with Gasteiger partial charge >= 0.3 is 0 Å². The number of carbonyl (C=O) groups excluding carboxylic acids is 1. The molecule has 0 radical (unpaired) electrons. The predicted octanol–water partition coefficient (Wildman–Crippen LogP) is 3.66. The molecule has 4 unspecified atom stereocenters. The number of hydrogen-bond donors (Lipinski definition) is 1.